The summed E-state index contributed by atoms with van der Waals surface area (Å²) >= 11 is 0. The van der Waals surface area contributed by atoms with Crippen molar-refractivity contribution < 1.29 is 9.90 Å². The molecular formula is C10H14O2. The fourth-order valence-corrected chi connectivity index (χ4v) is 1.48. The highest BCUT2D eigenvalue weighted by molar-refractivity contribution is 5.85. The van der Waals surface area contributed by atoms with Gasteiger partial charge in [-0.1, -0.05) is 18.7 Å². The maximum absolute atomic E-state index is 10.5. The van der Waals surface area contributed by atoms with Crippen LogP contribution >= 0.6 is 0 Å². The second-order valence-electron chi connectivity index (χ2n) is 3.26. The highest BCUT2D eigenvalue weighted by Gasteiger charge is 2.14. The van der Waals surface area contributed by atoms with Crippen molar-refractivity contribution in [3.63, 3.8) is 0 Å². The van der Waals surface area contributed by atoms with Gasteiger partial charge < -0.3 is 5.11 Å². The van der Waals surface area contributed by atoms with Gasteiger partial charge in [0, 0.05) is 5.57 Å². The Hall–Kier alpha value is -1.05. The van der Waals surface area contributed by atoms with Crippen molar-refractivity contribution in [2.24, 2.45) is 5.92 Å². The van der Waals surface area contributed by atoms with Gasteiger partial charge in [0.15, 0.2) is 0 Å². The van der Waals surface area contributed by atoms with Crippen LogP contribution in [0.2, 0.25) is 0 Å². The van der Waals surface area contributed by atoms with Gasteiger partial charge in [-0.3, -0.25) is 0 Å². The maximum atomic E-state index is 10.5. The molecule has 0 aromatic heterocycles. The first-order valence-electron chi connectivity index (χ1n) is 4.26. The summed E-state index contributed by atoms with van der Waals surface area (Å²) in [5.41, 5.74) is 0.343. The van der Waals surface area contributed by atoms with Gasteiger partial charge in [0.25, 0.3) is 0 Å². The van der Waals surface area contributed by atoms with E-state index in [4.69, 9.17) is 5.11 Å². The molecule has 0 aromatic carbocycles. The Balaban J connectivity index is 2.35. The fourth-order valence-electron chi connectivity index (χ4n) is 1.48. The van der Waals surface area contributed by atoms with Crippen LogP contribution in [0.1, 0.15) is 25.7 Å². The van der Waals surface area contributed by atoms with Gasteiger partial charge in [-0.05, 0) is 31.6 Å². The minimum absolute atomic E-state index is 0.343. The van der Waals surface area contributed by atoms with Crippen molar-refractivity contribution in [3.8, 4) is 0 Å². The van der Waals surface area contributed by atoms with Gasteiger partial charge in [-0.25, -0.2) is 4.79 Å². The second-order valence-corrected chi connectivity index (χ2v) is 3.26. The van der Waals surface area contributed by atoms with Gasteiger partial charge in [-0.15, -0.1) is 0 Å². The number of carbonyl (C=O) groups is 1. The van der Waals surface area contributed by atoms with Gasteiger partial charge >= 0.3 is 5.97 Å². The van der Waals surface area contributed by atoms with Crippen molar-refractivity contribution in [3.05, 3.63) is 24.3 Å². The monoisotopic (exact) mass is 166 g/mol. The molecule has 12 heavy (non-hydrogen) atoms. The third-order valence-electron chi connectivity index (χ3n) is 2.22. The third-order valence-corrected chi connectivity index (χ3v) is 2.22. The standard InChI is InChI=1S/C10H14O2/c1-8(10(11)12)7-9-5-3-2-4-6-9/h2-3,9H,1,4-7H2,(H,11,12). The molecule has 0 fully saturated rings. The second kappa shape index (κ2) is 4.10. The average Bonchev–Trinajstić information content (AvgIpc) is 2.06. The SMILES string of the molecule is C=C(CC1CC=CCC1)C(=O)O. The highest BCUT2D eigenvalue weighted by atomic mass is 16.4. The van der Waals surface area contributed by atoms with E-state index in [9.17, 15) is 4.79 Å². The zero-order chi connectivity index (χ0) is 8.97. The first-order chi connectivity index (χ1) is 5.70. The lowest BCUT2D eigenvalue weighted by Crippen LogP contribution is -2.08. The molecule has 2 heteroatoms. The number of carboxylic acids is 1. The molecule has 0 aliphatic heterocycles. The van der Waals surface area contributed by atoms with Gasteiger partial charge in [0.2, 0.25) is 0 Å². The smallest absolute Gasteiger partial charge is 0.330 e. The van der Waals surface area contributed by atoms with Crippen molar-refractivity contribution in [1.29, 1.82) is 0 Å². The largest absolute Gasteiger partial charge is 0.478 e. The molecule has 0 heterocycles. The van der Waals surface area contributed by atoms with Crippen LogP contribution in [-0.2, 0) is 4.79 Å². The highest BCUT2D eigenvalue weighted by Crippen LogP contribution is 2.24. The van der Waals surface area contributed by atoms with Crippen molar-refractivity contribution >= 4 is 5.97 Å². The Morgan fingerprint density at radius 2 is 2.33 bits per heavy atom. The average molecular weight is 166 g/mol. The van der Waals surface area contributed by atoms with Gasteiger partial charge in [0.05, 0.1) is 0 Å². The molecule has 0 saturated heterocycles. The Bertz CT molecular complexity index is 216. The van der Waals surface area contributed by atoms with Crippen LogP contribution in [-0.4, -0.2) is 11.1 Å². The normalized spacial score (nSPS) is 22.2. The van der Waals surface area contributed by atoms with Crippen LogP contribution in [0.15, 0.2) is 24.3 Å². The van der Waals surface area contributed by atoms with Crippen molar-refractivity contribution in [2.75, 3.05) is 0 Å². The molecular weight excluding hydrogens is 152 g/mol. The molecule has 0 saturated carbocycles. The molecule has 1 unspecified atom stereocenters. The van der Waals surface area contributed by atoms with Crippen LogP contribution in [0, 0.1) is 5.92 Å². The van der Waals surface area contributed by atoms with E-state index in [1.807, 2.05) is 0 Å². The lowest BCUT2D eigenvalue weighted by Gasteiger charge is -2.16. The Labute approximate surface area is 72.6 Å². The zero-order valence-electron chi connectivity index (χ0n) is 7.12. The van der Waals surface area contributed by atoms with Crippen molar-refractivity contribution in [1.82, 2.24) is 0 Å². The van der Waals surface area contributed by atoms with E-state index in [0.29, 0.717) is 17.9 Å². The molecule has 1 aliphatic carbocycles. The predicted molar refractivity (Wildman–Crippen MR) is 47.9 cm³/mol. The maximum Gasteiger partial charge on any atom is 0.330 e. The summed E-state index contributed by atoms with van der Waals surface area (Å²) in [6.07, 6.45) is 8.11. The van der Waals surface area contributed by atoms with E-state index < -0.39 is 5.97 Å². The quantitative estimate of drug-likeness (QED) is 0.516. The summed E-state index contributed by atoms with van der Waals surface area (Å²) in [4.78, 5) is 10.5. The van der Waals surface area contributed by atoms with E-state index >= 15 is 0 Å². The zero-order valence-corrected chi connectivity index (χ0v) is 7.12. The Morgan fingerprint density at radius 3 is 2.83 bits per heavy atom. The van der Waals surface area contributed by atoms with E-state index in [1.54, 1.807) is 0 Å². The minimum Gasteiger partial charge on any atom is -0.478 e. The molecule has 66 valence electrons. The predicted octanol–water partition coefficient (Wildman–Crippen LogP) is 2.37. The molecule has 1 atom stereocenters. The summed E-state index contributed by atoms with van der Waals surface area (Å²) < 4.78 is 0. The molecule has 1 N–H and O–H groups in total. The molecule has 0 radical (unpaired) electrons. The van der Waals surface area contributed by atoms with Gasteiger partial charge in [0.1, 0.15) is 0 Å². The number of hydrogen-bond acceptors (Lipinski definition) is 1. The summed E-state index contributed by atoms with van der Waals surface area (Å²) in [5.74, 6) is -0.358. The number of aliphatic carboxylic acids is 1. The number of rotatable bonds is 3. The molecule has 0 bridgehead atoms. The molecule has 0 aromatic rings. The minimum atomic E-state index is -0.857. The lowest BCUT2D eigenvalue weighted by molar-refractivity contribution is -0.132. The van der Waals surface area contributed by atoms with Crippen LogP contribution in [0.4, 0.5) is 0 Å². The lowest BCUT2D eigenvalue weighted by atomic mass is 9.89. The third kappa shape index (κ3) is 2.53. The summed E-state index contributed by atoms with van der Waals surface area (Å²) in [5, 5.41) is 8.60. The van der Waals surface area contributed by atoms with E-state index in [0.717, 1.165) is 19.3 Å². The Kier molecular flexibility index (Phi) is 3.09. The topological polar surface area (TPSA) is 37.3 Å². The number of hydrogen-bond donors (Lipinski definition) is 1. The fraction of sp³-hybridized carbons (Fsp3) is 0.500. The molecule has 2 nitrogen and oxygen atoms in total. The molecule has 0 spiro atoms. The first kappa shape index (κ1) is 9.04. The molecule has 1 rings (SSSR count). The van der Waals surface area contributed by atoms with Crippen LogP contribution in [0.5, 0.6) is 0 Å². The number of allylic oxidation sites excluding steroid dienone is 2. The van der Waals surface area contributed by atoms with E-state index in [2.05, 4.69) is 18.7 Å². The van der Waals surface area contributed by atoms with Crippen LogP contribution in [0.3, 0.4) is 0 Å². The molecule has 0 amide bonds. The van der Waals surface area contributed by atoms with E-state index in [1.165, 1.54) is 0 Å². The van der Waals surface area contributed by atoms with Crippen LogP contribution < -0.4 is 0 Å². The summed E-state index contributed by atoms with van der Waals surface area (Å²) in [6.45, 7) is 3.52. The van der Waals surface area contributed by atoms with Crippen LogP contribution in [0.25, 0.3) is 0 Å². The van der Waals surface area contributed by atoms with Gasteiger partial charge in [-0.2, -0.15) is 0 Å². The van der Waals surface area contributed by atoms with Crippen molar-refractivity contribution in [2.45, 2.75) is 25.7 Å². The summed E-state index contributed by atoms with van der Waals surface area (Å²) in [6, 6.07) is 0. The Morgan fingerprint density at radius 1 is 1.58 bits per heavy atom. The van der Waals surface area contributed by atoms with E-state index in [-0.39, 0.29) is 0 Å². The molecule has 1 aliphatic rings. The first-order valence-corrected chi connectivity index (χ1v) is 4.26. The summed E-state index contributed by atoms with van der Waals surface area (Å²) in [7, 11) is 0. The number of carboxylic acid groups (broad SMARTS) is 1.